The molecule has 44 heavy (non-hydrogen) atoms. The minimum absolute atomic E-state index is 0.0251. The highest BCUT2D eigenvalue weighted by molar-refractivity contribution is 5.85. The molecule has 0 aromatic carbocycles. The number of hydrogen-bond acceptors (Lipinski definition) is 9. The number of Topliss-reactive ketones (excluding diaryl/α,β-unsaturated/α-hetero) is 1. The molecule has 0 spiro atoms. The number of nitrogens with zero attached hydrogens (tertiary/aromatic N) is 3. The van der Waals surface area contributed by atoms with Crippen LogP contribution in [-0.4, -0.2) is 96.4 Å². The van der Waals surface area contributed by atoms with Gasteiger partial charge in [-0.25, -0.2) is 4.79 Å². The Bertz CT molecular complexity index is 1100. The van der Waals surface area contributed by atoms with Crippen LogP contribution in [0, 0.1) is 23.7 Å². The quantitative estimate of drug-likeness (QED) is 0.266. The molecule has 2 fully saturated rings. The number of likely N-dealkylation sites (tertiary alicyclic amines) is 1. The molecule has 1 saturated carbocycles. The lowest BCUT2D eigenvalue weighted by atomic mass is 9.81. The van der Waals surface area contributed by atoms with Crippen molar-refractivity contribution in [1.29, 1.82) is 0 Å². The Kier molecular flexibility index (Phi) is 13.3. The summed E-state index contributed by atoms with van der Waals surface area (Å²) in [4.78, 5) is 48.7. The maximum atomic E-state index is 14.2. The Morgan fingerprint density at radius 2 is 1.75 bits per heavy atom. The summed E-state index contributed by atoms with van der Waals surface area (Å²) >= 11 is 0. The standard InChI is InChI=1S/C33H53N3O8/c1-22(2)13-24(21-37)14-28(38)25-17-26(20-35(19-25)32(40)44-33(3,4)5)31(39)36(27-9-10-27)18-23-15-29(42-7)34-30(16-23)43-12-8-11-41-6/h15-16,22,24-27,37H,8-14,17-21H2,1-7H3/t24?,25-,26+/m0/s1. The molecule has 11 heteroatoms. The number of aliphatic hydroxyl groups is 1. The van der Waals surface area contributed by atoms with Gasteiger partial charge in [0.1, 0.15) is 11.4 Å². The number of ether oxygens (including phenoxy) is 4. The number of aliphatic hydroxyl groups excluding tert-OH is 1. The molecule has 1 saturated heterocycles. The molecule has 11 nitrogen and oxygen atoms in total. The van der Waals surface area contributed by atoms with Gasteiger partial charge in [-0.3, -0.25) is 9.59 Å². The van der Waals surface area contributed by atoms with Crippen LogP contribution >= 0.6 is 0 Å². The molecule has 3 rings (SSSR count). The van der Waals surface area contributed by atoms with Crippen LogP contribution in [0.3, 0.4) is 0 Å². The van der Waals surface area contributed by atoms with E-state index in [-0.39, 0.29) is 49.8 Å². The Hall–Kier alpha value is -2.92. The number of carbonyl (C=O) groups excluding carboxylic acids is 3. The summed E-state index contributed by atoms with van der Waals surface area (Å²) < 4.78 is 22.0. The molecule has 1 aliphatic heterocycles. The van der Waals surface area contributed by atoms with Crippen LogP contribution in [0.15, 0.2) is 12.1 Å². The summed E-state index contributed by atoms with van der Waals surface area (Å²) in [5, 5.41) is 9.91. The van der Waals surface area contributed by atoms with Gasteiger partial charge in [0.05, 0.1) is 19.6 Å². The van der Waals surface area contributed by atoms with Gasteiger partial charge in [0.15, 0.2) is 0 Å². The van der Waals surface area contributed by atoms with Crippen LogP contribution in [0.25, 0.3) is 0 Å². The highest BCUT2D eigenvalue weighted by Gasteiger charge is 2.43. The average molecular weight is 620 g/mol. The summed E-state index contributed by atoms with van der Waals surface area (Å²) in [5.74, 6) is -0.180. The smallest absolute Gasteiger partial charge is 0.410 e. The largest absolute Gasteiger partial charge is 0.481 e. The number of ketones is 1. The number of amides is 2. The van der Waals surface area contributed by atoms with Gasteiger partial charge in [-0.1, -0.05) is 13.8 Å². The predicted molar refractivity (Wildman–Crippen MR) is 165 cm³/mol. The normalized spacial score (nSPS) is 19.4. The molecule has 3 atom stereocenters. The van der Waals surface area contributed by atoms with Crippen molar-refractivity contribution in [1.82, 2.24) is 14.8 Å². The third kappa shape index (κ3) is 11.2. The number of rotatable bonds is 16. The van der Waals surface area contributed by atoms with Crippen molar-refractivity contribution in [3.8, 4) is 11.8 Å². The Balaban J connectivity index is 1.82. The average Bonchev–Trinajstić information content (AvgIpc) is 3.81. The van der Waals surface area contributed by atoms with E-state index < -0.39 is 23.5 Å². The van der Waals surface area contributed by atoms with E-state index in [1.807, 2.05) is 11.0 Å². The van der Waals surface area contributed by atoms with Gasteiger partial charge < -0.3 is 33.9 Å². The molecule has 0 radical (unpaired) electrons. The second kappa shape index (κ2) is 16.4. The highest BCUT2D eigenvalue weighted by atomic mass is 16.6. The molecule has 1 N–H and O–H groups in total. The zero-order valence-electron chi connectivity index (χ0n) is 27.7. The molecule has 0 bridgehead atoms. The SMILES string of the molecule is COCCCOc1cc(CN(C(=O)[C@@H]2C[C@H](C(=O)CC(CO)CC(C)C)CN(C(=O)OC(C)(C)C)C2)C2CC2)cc(OC)n1. The van der Waals surface area contributed by atoms with Gasteiger partial charge in [-0.15, -0.1) is 0 Å². The van der Waals surface area contributed by atoms with E-state index >= 15 is 0 Å². The number of pyridine rings is 1. The van der Waals surface area contributed by atoms with Crippen molar-refractivity contribution < 1.29 is 38.4 Å². The first-order chi connectivity index (χ1) is 20.8. The van der Waals surface area contributed by atoms with E-state index in [2.05, 4.69) is 18.8 Å². The van der Waals surface area contributed by atoms with Gasteiger partial charge in [0, 0.05) is 76.9 Å². The molecule has 1 aliphatic carbocycles. The second-order valence-corrected chi connectivity index (χ2v) is 13.6. The molecular formula is C33H53N3O8. The predicted octanol–water partition coefficient (Wildman–Crippen LogP) is 4.48. The molecular weight excluding hydrogens is 566 g/mol. The zero-order chi connectivity index (χ0) is 32.4. The topological polar surface area (TPSA) is 128 Å². The molecule has 1 aromatic rings. The summed E-state index contributed by atoms with van der Waals surface area (Å²) in [6.07, 6.45) is 3.28. The molecule has 2 heterocycles. The van der Waals surface area contributed by atoms with Crippen molar-refractivity contribution in [3.63, 3.8) is 0 Å². The Labute approximate surface area is 262 Å². The first-order valence-corrected chi connectivity index (χ1v) is 15.9. The van der Waals surface area contributed by atoms with Crippen LogP contribution in [0.1, 0.15) is 78.7 Å². The second-order valence-electron chi connectivity index (χ2n) is 13.6. The fourth-order valence-electron chi connectivity index (χ4n) is 5.71. The fourth-order valence-corrected chi connectivity index (χ4v) is 5.71. The minimum atomic E-state index is -0.712. The minimum Gasteiger partial charge on any atom is -0.481 e. The summed E-state index contributed by atoms with van der Waals surface area (Å²) in [6, 6.07) is 3.71. The maximum absolute atomic E-state index is 14.2. The lowest BCUT2D eigenvalue weighted by Crippen LogP contribution is -2.52. The van der Waals surface area contributed by atoms with Crippen LogP contribution in [0.2, 0.25) is 0 Å². The number of aromatic nitrogens is 1. The number of carbonyl (C=O) groups is 3. The number of hydrogen-bond donors (Lipinski definition) is 1. The highest BCUT2D eigenvalue weighted by Crippen LogP contribution is 2.34. The van der Waals surface area contributed by atoms with Crippen molar-refractivity contribution in [2.75, 3.05) is 47.1 Å². The van der Waals surface area contributed by atoms with Crippen LogP contribution in [0.5, 0.6) is 11.8 Å². The molecule has 2 amide bonds. The van der Waals surface area contributed by atoms with Crippen molar-refractivity contribution in [3.05, 3.63) is 17.7 Å². The van der Waals surface area contributed by atoms with E-state index in [1.165, 1.54) is 12.0 Å². The molecule has 2 aliphatic rings. The summed E-state index contributed by atoms with van der Waals surface area (Å²) in [6.45, 7) is 11.2. The van der Waals surface area contributed by atoms with E-state index in [9.17, 15) is 19.5 Å². The Morgan fingerprint density at radius 3 is 2.34 bits per heavy atom. The Morgan fingerprint density at radius 1 is 1.07 bits per heavy atom. The molecule has 1 aromatic heterocycles. The maximum Gasteiger partial charge on any atom is 0.410 e. The van der Waals surface area contributed by atoms with Crippen molar-refractivity contribution in [2.45, 2.75) is 91.3 Å². The van der Waals surface area contributed by atoms with Gasteiger partial charge >= 0.3 is 6.09 Å². The van der Waals surface area contributed by atoms with Gasteiger partial charge in [-0.05, 0) is 63.9 Å². The van der Waals surface area contributed by atoms with Crippen LogP contribution < -0.4 is 9.47 Å². The monoisotopic (exact) mass is 619 g/mol. The van der Waals surface area contributed by atoms with Crippen LogP contribution in [0.4, 0.5) is 4.79 Å². The van der Waals surface area contributed by atoms with Crippen molar-refractivity contribution in [2.24, 2.45) is 23.7 Å². The van der Waals surface area contributed by atoms with E-state index in [1.54, 1.807) is 33.9 Å². The third-order valence-electron chi connectivity index (χ3n) is 7.87. The van der Waals surface area contributed by atoms with E-state index in [0.29, 0.717) is 50.3 Å². The van der Waals surface area contributed by atoms with Gasteiger partial charge in [0.25, 0.3) is 0 Å². The molecule has 1 unspecified atom stereocenters. The van der Waals surface area contributed by atoms with Crippen molar-refractivity contribution >= 4 is 17.8 Å². The van der Waals surface area contributed by atoms with Gasteiger partial charge in [-0.2, -0.15) is 4.98 Å². The first-order valence-electron chi connectivity index (χ1n) is 15.9. The fraction of sp³-hybridized carbons (Fsp3) is 0.758. The lowest BCUT2D eigenvalue weighted by molar-refractivity contribution is -0.140. The first kappa shape index (κ1) is 35.6. The molecule has 248 valence electrons. The van der Waals surface area contributed by atoms with Gasteiger partial charge in [0.2, 0.25) is 17.7 Å². The zero-order valence-corrected chi connectivity index (χ0v) is 27.7. The lowest BCUT2D eigenvalue weighted by Gasteiger charge is -2.39. The number of piperidine rings is 1. The summed E-state index contributed by atoms with van der Waals surface area (Å²) in [7, 11) is 3.18. The van der Waals surface area contributed by atoms with Crippen LogP contribution in [-0.2, 0) is 25.6 Å². The number of methoxy groups -OCH3 is 2. The van der Waals surface area contributed by atoms with E-state index in [4.69, 9.17) is 18.9 Å². The summed E-state index contributed by atoms with van der Waals surface area (Å²) in [5.41, 5.74) is 0.113. The third-order valence-corrected chi connectivity index (χ3v) is 7.87. The van der Waals surface area contributed by atoms with E-state index in [0.717, 1.165) is 24.8 Å².